The van der Waals surface area contributed by atoms with Gasteiger partial charge in [0.05, 0.1) is 17.3 Å². The highest BCUT2D eigenvalue weighted by atomic mass is 35.5. The van der Waals surface area contributed by atoms with Gasteiger partial charge in [-0.3, -0.25) is 4.79 Å². The van der Waals surface area contributed by atoms with Crippen molar-refractivity contribution in [2.45, 2.75) is 20.1 Å². The molecule has 0 aliphatic rings. The fraction of sp³-hybridized carbons (Fsp3) is 0.375. The van der Waals surface area contributed by atoms with Gasteiger partial charge in [-0.05, 0) is 32.0 Å². The average molecular weight is 372 g/mol. The quantitative estimate of drug-likeness (QED) is 0.395. The molecule has 0 atom stereocenters. The minimum atomic E-state index is -0.599. The Balaban J connectivity index is 2.69. The smallest absolute Gasteiger partial charge is 0.267 e. The van der Waals surface area contributed by atoms with Crippen LogP contribution in [0.25, 0.3) is 0 Å². The monoisotopic (exact) mass is 371 g/mol. The Labute approximate surface area is 151 Å². The number of benzene rings is 1. The van der Waals surface area contributed by atoms with Crippen molar-refractivity contribution in [3.05, 3.63) is 40.0 Å². The molecule has 0 bridgehead atoms. The molecular weight excluding hydrogens is 353 g/mol. The van der Waals surface area contributed by atoms with Gasteiger partial charge in [0.2, 0.25) is 0 Å². The lowest BCUT2D eigenvalue weighted by Gasteiger charge is -2.16. The Morgan fingerprint density at radius 3 is 2.58 bits per heavy atom. The van der Waals surface area contributed by atoms with Crippen molar-refractivity contribution in [2.24, 2.45) is 0 Å². The number of ether oxygens (including phenoxy) is 2. The van der Waals surface area contributed by atoms with Crippen LogP contribution in [0.1, 0.15) is 13.8 Å². The van der Waals surface area contributed by atoms with Crippen LogP contribution in [0.5, 0.6) is 0 Å². The fourth-order valence-electron chi connectivity index (χ4n) is 1.73. The molecule has 0 radical (unpaired) electrons. The molecule has 1 rings (SSSR count). The van der Waals surface area contributed by atoms with Gasteiger partial charge >= 0.3 is 0 Å². The average Bonchev–Trinajstić information content (AvgIpc) is 2.55. The molecule has 0 spiro atoms. The van der Waals surface area contributed by atoms with E-state index in [9.17, 15) is 4.79 Å². The van der Waals surface area contributed by atoms with E-state index < -0.39 is 12.2 Å². The molecule has 0 aliphatic heterocycles. The maximum absolute atomic E-state index is 12.1. The Morgan fingerprint density at radius 1 is 1.33 bits per heavy atom. The van der Waals surface area contributed by atoms with Gasteiger partial charge < -0.3 is 20.1 Å². The van der Waals surface area contributed by atoms with Crippen LogP contribution in [0.4, 0.5) is 5.69 Å². The van der Waals surface area contributed by atoms with E-state index in [1.54, 1.807) is 12.1 Å². The summed E-state index contributed by atoms with van der Waals surface area (Å²) in [6.45, 7) is 5.00. The third-order valence-corrected chi connectivity index (χ3v) is 3.34. The van der Waals surface area contributed by atoms with E-state index >= 15 is 0 Å². The molecule has 24 heavy (non-hydrogen) atoms. The molecule has 0 saturated heterocycles. The Morgan fingerprint density at radius 2 is 2.00 bits per heavy atom. The van der Waals surface area contributed by atoms with Crippen LogP contribution in [0.3, 0.4) is 0 Å². The first kappa shape index (κ1) is 20.3. The molecule has 1 aromatic carbocycles. The van der Waals surface area contributed by atoms with Crippen molar-refractivity contribution in [3.8, 4) is 6.07 Å². The standard InChI is InChI=1S/C16H19Cl2N3O3/c1-3-23-15(24-4-2)10-20-9-11(8-19)16(22)21-14-7-12(17)5-6-13(14)18/h5-7,9,15,20H,3-4,10H2,1-2H3,(H,21,22)/b11-9-. The van der Waals surface area contributed by atoms with Crippen molar-refractivity contribution in [2.75, 3.05) is 25.1 Å². The van der Waals surface area contributed by atoms with Gasteiger partial charge in [0.1, 0.15) is 11.6 Å². The Bertz CT molecular complexity index is 623. The number of nitriles is 1. The summed E-state index contributed by atoms with van der Waals surface area (Å²) in [7, 11) is 0. The third kappa shape index (κ3) is 6.77. The fourth-order valence-corrected chi connectivity index (χ4v) is 2.06. The van der Waals surface area contributed by atoms with Crippen LogP contribution < -0.4 is 10.6 Å². The molecule has 130 valence electrons. The minimum absolute atomic E-state index is 0.113. The second-order valence-electron chi connectivity index (χ2n) is 4.50. The van der Waals surface area contributed by atoms with Gasteiger partial charge in [-0.1, -0.05) is 23.2 Å². The Hall–Kier alpha value is -1.78. The van der Waals surface area contributed by atoms with Gasteiger partial charge in [0.25, 0.3) is 5.91 Å². The van der Waals surface area contributed by atoms with Crippen LogP contribution in [0.15, 0.2) is 30.0 Å². The van der Waals surface area contributed by atoms with E-state index in [1.807, 2.05) is 19.9 Å². The van der Waals surface area contributed by atoms with Crippen LogP contribution in [0.2, 0.25) is 10.0 Å². The number of halogens is 2. The number of carbonyl (C=O) groups excluding carboxylic acids is 1. The zero-order chi connectivity index (χ0) is 17.9. The van der Waals surface area contributed by atoms with Gasteiger partial charge in [-0.25, -0.2) is 0 Å². The number of hydrogen-bond acceptors (Lipinski definition) is 5. The predicted molar refractivity (Wildman–Crippen MR) is 93.8 cm³/mol. The zero-order valence-electron chi connectivity index (χ0n) is 13.4. The van der Waals surface area contributed by atoms with Gasteiger partial charge in [0.15, 0.2) is 6.29 Å². The van der Waals surface area contributed by atoms with Crippen LogP contribution in [0, 0.1) is 11.3 Å². The summed E-state index contributed by atoms with van der Waals surface area (Å²) in [5.74, 6) is -0.599. The largest absolute Gasteiger partial charge is 0.385 e. The number of nitrogens with one attached hydrogen (secondary N) is 2. The predicted octanol–water partition coefficient (Wildman–Crippen LogP) is 3.33. The molecular formula is C16H19Cl2N3O3. The van der Waals surface area contributed by atoms with Crippen LogP contribution in [-0.2, 0) is 14.3 Å². The van der Waals surface area contributed by atoms with E-state index in [0.717, 1.165) is 0 Å². The summed E-state index contributed by atoms with van der Waals surface area (Å²) in [4.78, 5) is 12.1. The molecule has 0 fully saturated rings. The minimum Gasteiger partial charge on any atom is -0.385 e. The number of rotatable bonds is 9. The molecule has 1 aromatic rings. The Kier molecular flexibility index (Phi) is 9.20. The van der Waals surface area contributed by atoms with E-state index in [0.29, 0.717) is 35.5 Å². The number of anilines is 1. The highest BCUT2D eigenvalue weighted by Gasteiger charge is 2.12. The maximum Gasteiger partial charge on any atom is 0.267 e. The lowest BCUT2D eigenvalue weighted by molar-refractivity contribution is -0.131. The summed E-state index contributed by atoms with van der Waals surface area (Å²) in [5.41, 5.74) is 0.217. The summed E-state index contributed by atoms with van der Waals surface area (Å²) < 4.78 is 10.7. The summed E-state index contributed by atoms with van der Waals surface area (Å²) in [6, 6.07) is 6.49. The van der Waals surface area contributed by atoms with Crippen molar-refractivity contribution in [1.29, 1.82) is 5.26 Å². The van der Waals surface area contributed by atoms with Crippen molar-refractivity contribution in [3.63, 3.8) is 0 Å². The summed E-state index contributed by atoms with van der Waals surface area (Å²) >= 11 is 11.8. The van der Waals surface area contributed by atoms with Crippen molar-refractivity contribution >= 4 is 34.8 Å². The van der Waals surface area contributed by atoms with Crippen LogP contribution >= 0.6 is 23.2 Å². The second-order valence-corrected chi connectivity index (χ2v) is 5.34. The number of carbonyl (C=O) groups is 1. The normalized spacial score (nSPS) is 11.2. The molecule has 6 nitrogen and oxygen atoms in total. The highest BCUT2D eigenvalue weighted by Crippen LogP contribution is 2.25. The summed E-state index contributed by atoms with van der Waals surface area (Å²) in [6.07, 6.45) is 0.848. The first-order chi connectivity index (χ1) is 11.5. The summed E-state index contributed by atoms with van der Waals surface area (Å²) in [5, 5.41) is 15.3. The second kappa shape index (κ2) is 10.9. The zero-order valence-corrected chi connectivity index (χ0v) is 14.9. The van der Waals surface area contributed by atoms with E-state index in [4.69, 9.17) is 37.9 Å². The lowest BCUT2D eigenvalue weighted by Crippen LogP contribution is -2.29. The molecule has 1 amide bonds. The molecule has 8 heteroatoms. The number of nitrogens with zero attached hydrogens (tertiary/aromatic N) is 1. The molecule has 0 aromatic heterocycles. The number of hydrogen-bond donors (Lipinski definition) is 2. The molecule has 0 saturated carbocycles. The lowest BCUT2D eigenvalue weighted by atomic mass is 10.2. The third-order valence-electron chi connectivity index (χ3n) is 2.78. The topological polar surface area (TPSA) is 83.4 Å². The molecule has 0 unspecified atom stereocenters. The van der Waals surface area contributed by atoms with Gasteiger partial charge in [-0.15, -0.1) is 0 Å². The maximum atomic E-state index is 12.1. The van der Waals surface area contributed by atoms with Gasteiger partial charge in [-0.2, -0.15) is 5.26 Å². The molecule has 0 heterocycles. The first-order valence-electron chi connectivity index (χ1n) is 7.35. The van der Waals surface area contributed by atoms with Crippen LogP contribution in [-0.4, -0.2) is 32.0 Å². The van der Waals surface area contributed by atoms with E-state index in [2.05, 4.69) is 10.6 Å². The number of amides is 1. The first-order valence-corrected chi connectivity index (χ1v) is 8.10. The SMILES string of the molecule is CCOC(CN/C=C(/C#N)C(=O)Nc1cc(Cl)ccc1Cl)OCC. The van der Waals surface area contributed by atoms with Crippen molar-refractivity contribution < 1.29 is 14.3 Å². The van der Waals surface area contributed by atoms with Crippen molar-refractivity contribution in [1.82, 2.24) is 5.32 Å². The highest BCUT2D eigenvalue weighted by molar-refractivity contribution is 6.35. The van der Waals surface area contributed by atoms with Gasteiger partial charge in [0, 0.05) is 24.4 Å². The van der Waals surface area contributed by atoms with E-state index in [1.165, 1.54) is 12.3 Å². The van der Waals surface area contributed by atoms with E-state index in [-0.39, 0.29) is 5.57 Å². The molecule has 2 N–H and O–H groups in total. The molecule has 0 aliphatic carbocycles.